The second-order valence-electron chi connectivity index (χ2n) is 8.74. The fourth-order valence-electron chi connectivity index (χ4n) is 4.37. The lowest BCUT2D eigenvalue weighted by Gasteiger charge is -2.28. The zero-order valence-electron chi connectivity index (χ0n) is 19.0. The fourth-order valence-corrected chi connectivity index (χ4v) is 4.54. The summed E-state index contributed by atoms with van der Waals surface area (Å²) in [7, 11) is 0. The maximum absolute atomic E-state index is 13.1. The highest BCUT2D eigenvalue weighted by Crippen LogP contribution is 2.42. The lowest BCUT2D eigenvalue weighted by Crippen LogP contribution is -2.42. The van der Waals surface area contributed by atoms with E-state index in [1.165, 1.54) is 18.2 Å². The summed E-state index contributed by atoms with van der Waals surface area (Å²) in [5.41, 5.74) is 1.59. The summed E-state index contributed by atoms with van der Waals surface area (Å²) in [6.45, 7) is 0.00972. The summed E-state index contributed by atoms with van der Waals surface area (Å²) in [5, 5.41) is 6.42. The summed E-state index contributed by atoms with van der Waals surface area (Å²) < 4.78 is 40.3. The van der Waals surface area contributed by atoms with Crippen LogP contribution in [0.4, 0.5) is 8.78 Å². The number of H-pyrrole nitrogens is 1. The Balaban J connectivity index is 1.03. The normalized spacial score (nSPS) is 20.2. The van der Waals surface area contributed by atoms with Gasteiger partial charge < -0.3 is 29.8 Å². The van der Waals surface area contributed by atoms with E-state index in [-0.39, 0.29) is 54.2 Å². The van der Waals surface area contributed by atoms with E-state index in [0.717, 1.165) is 11.0 Å². The van der Waals surface area contributed by atoms with E-state index in [0.29, 0.717) is 36.5 Å². The second kappa shape index (κ2) is 9.81. The molecule has 0 spiro atoms. The predicted octanol–water partition coefficient (Wildman–Crippen LogP) is 3.91. The van der Waals surface area contributed by atoms with Gasteiger partial charge in [0, 0.05) is 23.0 Å². The number of imidazole rings is 1. The van der Waals surface area contributed by atoms with Gasteiger partial charge in [-0.15, -0.1) is 8.78 Å². The van der Waals surface area contributed by atoms with Crippen molar-refractivity contribution in [2.45, 2.75) is 44.6 Å². The number of nitrogens with one attached hydrogen (secondary N) is 3. The number of alkyl halides is 2. The molecule has 2 amide bonds. The number of hydrogen-bond donors (Lipinski definition) is 3. The lowest BCUT2D eigenvalue weighted by atomic mass is 9.85. The van der Waals surface area contributed by atoms with E-state index < -0.39 is 6.29 Å². The molecule has 3 N–H and O–H groups in total. The van der Waals surface area contributed by atoms with Crippen LogP contribution in [0.2, 0.25) is 5.02 Å². The molecule has 0 bridgehead atoms. The van der Waals surface area contributed by atoms with Crippen molar-refractivity contribution in [1.29, 1.82) is 0 Å². The highest BCUT2D eigenvalue weighted by atomic mass is 35.5. The molecule has 190 valence electrons. The number of aromatic nitrogens is 2. The van der Waals surface area contributed by atoms with Gasteiger partial charge in [0.1, 0.15) is 11.6 Å². The quantitative estimate of drug-likeness (QED) is 0.435. The lowest BCUT2D eigenvalue weighted by molar-refractivity contribution is -0.286. The molecule has 1 fully saturated rings. The molecule has 9 nitrogen and oxygen atoms in total. The Labute approximate surface area is 209 Å². The van der Waals surface area contributed by atoms with Crippen LogP contribution < -0.4 is 24.8 Å². The van der Waals surface area contributed by atoms with Gasteiger partial charge in [0.2, 0.25) is 5.91 Å². The number of carbonyl (C=O) groups is 2. The molecule has 0 atom stereocenters. The van der Waals surface area contributed by atoms with Crippen LogP contribution in [0.3, 0.4) is 0 Å². The van der Waals surface area contributed by atoms with E-state index in [2.05, 4.69) is 30.1 Å². The molecular formula is C24H23ClF2N4O5. The van der Waals surface area contributed by atoms with Gasteiger partial charge >= 0.3 is 6.29 Å². The summed E-state index contributed by atoms with van der Waals surface area (Å²) in [5.74, 6) is 0.0843. The van der Waals surface area contributed by atoms with Crippen LogP contribution in [0.15, 0.2) is 36.4 Å². The SMILES string of the molecule is O=C(COc1ccc2c(c1)OC(F)(F)O2)NC1CCC(C(=O)NCc2nc3ccc(Cl)cc3[nH]2)CC1. The first-order valence-electron chi connectivity index (χ1n) is 11.5. The maximum Gasteiger partial charge on any atom is 0.586 e. The average Bonchev–Trinajstić information content (AvgIpc) is 3.39. The van der Waals surface area contributed by atoms with E-state index in [1.54, 1.807) is 12.1 Å². The van der Waals surface area contributed by atoms with Crippen molar-refractivity contribution in [3.63, 3.8) is 0 Å². The predicted molar refractivity (Wildman–Crippen MR) is 125 cm³/mol. The van der Waals surface area contributed by atoms with Crippen molar-refractivity contribution in [2.24, 2.45) is 5.92 Å². The second-order valence-corrected chi connectivity index (χ2v) is 9.18. The monoisotopic (exact) mass is 520 g/mol. The van der Waals surface area contributed by atoms with E-state index in [9.17, 15) is 18.4 Å². The number of aromatic amines is 1. The molecule has 1 aromatic heterocycles. The number of rotatable bonds is 7. The first kappa shape index (κ1) is 24.1. The Morgan fingerprint density at radius 3 is 2.69 bits per heavy atom. The van der Waals surface area contributed by atoms with Gasteiger partial charge in [-0.1, -0.05) is 11.6 Å². The number of nitrogens with zero attached hydrogens (tertiary/aromatic N) is 1. The van der Waals surface area contributed by atoms with Crippen LogP contribution >= 0.6 is 11.6 Å². The van der Waals surface area contributed by atoms with Gasteiger partial charge in [0.15, 0.2) is 18.1 Å². The number of fused-ring (bicyclic) bond motifs is 2. The van der Waals surface area contributed by atoms with Crippen LogP contribution in [-0.4, -0.2) is 40.7 Å². The molecule has 0 radical (unpaired) electrons. The minimum Gasteiger partial charge on any atom is -0.484 e. The number of amides is 2. The van der Waals surface area contributed by atoms with Crippen molar-refractivity contribution in [3.8, 4) is 17.2 Å². The number of benzene rings is 2. The van der Waals surface area contributed by atoms with Crippen LogP contribution in [0.25, 0.3) is 11.0 Å². The van der Waals surface area contributed by atoms with Crippen molar-refractivity contribution >= 4 is 34.4 Å². The van der Waals surface area contributed by atoms with E-state index in [1.807, 2.05) is 6.07 Å². The highest BCUT2D eigenvalue weighted by Gasteiger charge is 2.43. The maximum atomic E-state index is 13.1. The first-order valence-corrected chi connectivity index (χ1v) is 11.9. The van der Waals surface area contributed by atoms with E-state index in [4.69, 9.17) is 16.3 Å². The van der Waals surface area contributed by atoms with Crippen LogP contribution in [0, 0.1) is 5.92 Å². The first-order chi connectivity index (χ1) is 17.2. The molecule has 1 aliphatic heterocycles. The largest absolute Gasteiger partial charge is 0.586 e. The molecule has 1 aliphatic carbocycles. The molecule has 5 rings (SSSR count). The molecule has 12 heteroatoms. The smallest absolute Gasteiger partial charge is 0.484 e. The Morgan fingerprint density at radius 2 is 1.89 bits per heavy atom. The van der Waals surface area contributed by atoms with Gasteiger partial charge in [0.05, 0.1) is 17.6 Å². The Hall–Kier alpha value is -3.60. The summed E-state index contributed by atoms with van der Waals surface area (Å²) in [4.78, 5) is 32.5. The zero-order chi connectivity index (χ0) is 25.3. The molecule has 2 aliphatic rings. The highest BCUT2D eigenvalue weighted by molar-refractivity contribution is 6.31. The minimum atomic E-state index is -3.71. The van der Waals surface area contributed by atoms with E-state index >= 15 is 0 Å². The van der Waals surface area contributed by atoms with Crippen LogP contribution in [0.1, 0.15) is 31.5 Å². The molecule has 2 aromatic carbocycles. The van der Waals surface area contributed by atoms with Crippen LogP contribution in [0.5, 0.6) is 17.2 Å². The summed E-state index contributed by atoms with van der Waals surface area (Å²) in [6, 6.07) is 9.25. The van der Waals surface area contributed by atoms with Crippen molar-refractivity contribution in [2.75, 3.05) is 6.61 Å². The third kappa shape index (κ3) is 5.62. The average molecular weight is 521 g/mol. The van der Waals surface area contributed by atoms with Gasteiger partial charge in [0.25, 0.3) is 5.91 Å². The van der Waals surface area contributed by atoms with Crippen molar-refractivity contribution in [1.82, 2.24) is 20.6 Å². The molecule has 1 saturated carbocycles. The zero-order valence-corrected chi connectivity index (χ0v) is 19.7. The van der Waals surface area contributed by atoms with Crippen LogP contribution in [-0.2, 0) is 16.1 Å². The Morgan fingerprint density at radius 1 is 1.11 bits per heavy atom. The summed E-state index contributed by atoms with van der Waals surface area (Å²) in [6.07, 6.45) is -1.11. The number of ether oxygens (including phenoxy) is 3. The molecular weight excluding hydrogens is 498 g/mol. The minimum absolute atomic E-state index is 0.0463. The molecule has 0 unspecified atom stereocenters. The summed E-state index contributed by atoms with van der Waals surface area (Å²) >= 11 is 5.99. The van der Waals surface area contributed by atoms with Gasteiger partial charge in [-0.25, -0.2) is 4.98 Å². The Bertz CT molecular complexity index is 1290. The topological polar surface area (TPSA) is 115 Å². The van der Waals surface area contributed by atoms with Gasteiger partial charge in [-0.2, -0.15) is 0 Å². The molecule has 0 saturated heterocycles. The van der Waals surface area contributed by atoms with Gasteiger partial charge in [-0.3, -0.25) is 9.59 Å². The molecule has 36 heavy (non-hydrogen) atoms. The number of hydrogen-bond acceptors (Lipinski definition) is 6. The van der Waals surface area contributed by atoms with Gasteiger partial charge in [-0.05, 0) is 56.0 Å². The molecule has 3 aromatic rings. The van der Waals surface area contributed by atoms with Crippen molar-refractivity contribution in [3.05, 3.63) is 47.2 Å². The fraction of sp³-hybridized carbons (Fsp3) is 0.375. The Kier molecular flexibility index (Phi) is 6.57. The third-order valence-electron chi connectivity index (χ3n) is 6.13. The number of halogens is 3. The van der Waals surface area contributed by atoms with Crippen molar-refractivity contribution < 1.29 is 32.6 Å². The third-order valence-corrected chi connectivity index (χ3v) is 6.36. The standard InChI is InChI=1S/C24H23ClF2N4O5/c25-14-3-7-17-18(9-14)31-21(30-17)11-28-23(33)13-1-4-15(5-2-13)29-22(32)12-34-16-6-8-19-20(10-16)36-24(26,27)35-19/h3,6-10,13,15H,1-2,4-5,11-12H2,(H,28,33)(H,29,32)(H,30,31). The number of carbonyl (C=O) groups excluding carboxylic acids is 2. The molecule has 2 heterocycles.